The molecule has 0 aromatic carbocycles. The summed E-state index contributed by atoms with van der Waals surface area (Å²) in [6, 6.07) is 1.68. The Hall–Kier alpha value is -1.51. The molecule has 3 heteroatoms. The lowest BCUT2D eigenvalue weighted by Crippen LogP contribution is -1.84. The molecule has 0 aliphatic carbocycles. The predicted octanol–water partition coefficient (Wildman–Crippen LogP) is 1.38. The summed E-state index contributed by atoms with van der Waals surface area (Å²) in [6.07, 6.45) is 5.48. The van der Waals surface area contributed by atoms with Crippen LogP contribution in [0.3, 0.4) is 0 Å². The van der Waals surface area contributed by atoms with Crippen molar-refractivity contribution in [2.45, 2.75) is 0 Å². The number of furan rings is 1. The molecular formula is C7H6O3. The Morgan fingerprint density at radius 2 is 2.50 bits per heavy atom. The first-order chi connectivity index (χ1) is 4.79. The van der Waals surface area contributed by atoms with Gasteiger partial charge in [-0.25, -0.2) is 4.79 Å². The third kappa shape index (κ3) is 1.78. The fourth-order valence-electron chi connectivity index (χ4n) is 0.537. The summed E-state index contributed by atoms with van der Waals surface area (Å²) in [4.78, 5) is 9.98. The van der Waals surface area contributed by atoms with E-state index in [1.165, 1.54) is 18.6 Å². The number of aliphatic carboxylic acids is 1. The SMILES string of the molecule is O=C(O)C=Cc1ccoc1. The summed E-state index contributed by atoms with van der Waals surface area (Å²) in [5, 5.41) is 8.19. The van der Waals surface area contributed by atoms with Crippen LogP contribution in [0.5, 0.6) is 0 Å². The largest absolute Gasteiger partial charge is 0.478 e. The highest BCUT2D eigenvalue weighted by molar-refractivity contribution is 5.85. The van der Waals surface area contributed by atoms with E-state index >= 15 is 0 Å². The lowest BCUT2D eigenvalue weighted by atomic mass is 10.3. The fraction of sp³-hybridized carbons (Fsp3) is 0. The molecule has 0 fully saturated rings. The molecule has 1 aromatic heterocycles. The molecule has 0 spiro atoms. The number of carbonyl (C=O) groups is 1. The lowest BCUT2D eigenvalue weighted by molar-refractivity contribution is -0.131. The molecule has 1 rings (SSSR count). The van der Waals surface area contributed by atoms with Crippen molar-refractivity contribution in [3.05, 3.63) is 30.2 Å². The summed E-state index contributed by atoms with van der Waals surface area (Å²) in [6.45, 7) is 0. The second kappa shape index (κ2) is 2.87. The first-order valence-corrected chi connectivity index (χ1v) is 2.72. The van der Waals surface area contributed by atoms with E-state index in [9.17, 15) is 4.79 Å². The van der Waals surface area contributed by atoms with Crippen LogP contribution in [0.1, 0.15) is 5.56 Å². The lowest BCUT2D eigenvalue weighted by Gasteiger charge is -1.77. The van der Waals surface area contributed by atoms with Gasteiger partial charge in [-0.3, -0.25) is 0 Å². The summed E-state index contributed by atoms with van der Waals surface area (Å²) in [5.74, 6) is -0.957. The van der Waals surface area contributed by atoms with Gasteiger partial charge >= 0.3 is 5.97 Å². The molecule has 1 N–H and O–H groups in total. The van der Waals surface area contributed by atoms with Crippen molar-refractivity contribution >= 4 is 12.0 Å². The monoisotopic (exact) mass is 138 g/mol. The number of carboxylic acid groups (broad SMARTS) is 1. The van der Waals surface area contributed by atoms with Gasteiger partial charge in [-0.15, -0.1) is 0 Å². The second-order valence-corrected chi connectivity index (χ2v) is 1.73. The summed E-state index contributed by atoms with van der Waals surface area (Å²) >= 11 is 0. The Balaban J connectivity index is 2.64. The maximum atomic E-state index is 9.98. The average Bonchev–Trinajstić information content (AvgIpc) is 2.34. The molecule has 0 atom stereocenters. The van der Waals surface area contributed by atoms with Gasteiger partial charge < -0.3 is 9.52 Å². The Morgan fingerprint density at radius 3 is 3.00 bits per heavy atom. The van der Waals surface area contributed by atoms with Crippen LogP contribution in [0.15, 0.2) is 29.1 Å². The maximum absolute atomic E-state index is 9.98. The van der Waals surface area contributed by atoms with Gasteiger partial charge in [-0.05, 0) is 12.1 Å². The quantitative estimate of drug-likeness (QED) is 0.628. The minimum Gasteiger partial charge on any atom is -0.478 e. The van der Waals surface area contributed by atoms with Crippen LogP contribution in [-0.4, -0.2) is 11.1 Å². The van der Waals surface area contributed by atoms with E-state index in [0.29, 0.717) is 0 Å². The van der Waals surface area contributed by atoms with Crippen molar-refractivity contribution < 1.29 is 14.3 Å². The highest BCUT2D eigenvalue weighted by Crippen LogP contribution is 2.01. The summed E-state index contributed by atoms with van der Waals surface area (Å²) in [5.41, 5.74) is 0.752. The van der Waals surface area contributed by atoms with E-state index in [4.69, 9.17) is 9.52 Å². The van der Waals surface area contributed by atoms with E-state index < -0.39 is 5.97 Å². The topological polar surface area (TPSA) is 50.4 Å². The van der Waals surface area contributed by atoms with Crippen LogP contribution in [0.2, 0.25) is 0 Å². The number of carboxylic acids is 1. The van der Waals surface area contributed by atoms with Crippen molar-refractivity contribution in [3.8, 4) is 0 Å². The van der Waals surface area contributed by atoms with Crippen LogP contribution in [0, 0.1) is 0 Å². The first-order valence-electron chi connectivity index (χ1n) is 2.72. The van der Waals surface area contributed by atoms with Gasteiger partial charge in [0.2, 0.25) is 0 Å². The van der Waals surface area contributed by atoms with Gasteiger partial charge in [-0.2, -0.15) is 0 Å². The van der Waals surface area contributed by atoms with Gasteiger partial charge in [0.15, 0.2) is 0 Å². The van der Waals surface area contributed by atoms with Gasteiger partial charge in [0, 0.05) is 11.6 Å². The Morgan fingerprint density at radius 1 is 1.70 bits per heavy atom. The molecule has 0 aliphatic heterocycles. The minimum atomic E-state index is -0.957. The molecule has 3 nitrogen and oxygen atoms in total. The molecule has 0 bridgehead atoms. The molecule has 0 saturated heterocycles. The van der Waals surface area contributed by atoms with Crippen LogP contribution >= 0.6 is 0 Å². The molecule has 0 aliphatic rings. The zero-order valence-electron chi connectivity index (χ0n) is 5.15. The molecule has 1 heterocycles. The number of rotatable bonds is 2. The third-order valence-electron chi connectivity index (χ3n) is 0.962. The number of hydrogen-bond donors (Lipinski definition) is 1. The molecule has 0 saturated carbocycles. The van der Waals surface area contributed by atoms with E-state index in [1.807, 2.05) is 0 Å². The van der Waals surface area contributed by atoms with Crippen molar-refractivity contribution in [1.29, 1.82) is 0 Å². The van der Waals surface area contributed by atoms with E-state index in [1.54, 1.807) is 6.07 Å². The van der Waals surface area contributed by atoms with Crippen LogP contribution in [-0.2, 0) is 4.79 Å². The Labute approximate surface area is 57.6 Å². The van der Waals surface area contributed by atoms with Crippen molar-refractivity contribution in [2.24, 2.45) is 0 Å². The molecule has 0 radical (unpaired) electrons. The predicted molar refractivity (Wildman–Crippen MR) is 35.4 cm³/mol. The second-order valence-electron chi connectivity index (χ2n) is 1.73. The van der Waals surface area contributed by atoms with Gasteiger partial charge in [0.25, 0.3) is 0 Å². The third-order valence-corrected chi connectivity index (χ3v) is 0.962. The van der Waals surface area contributed by atoms with Gasteiger partial charge in [-0.1, -0.05) is 0 Å². The zero-order chi connectivity index (χ0) is 7.40. The van der Waals surface area contributed by atoms with E-state index in [0.717, 1.165) is 11.6 Å². The highest BCUT2D eigenvalue weighted by atomic mass is 16.4. The van der Waals surface area contributed by atoms with Gasteiger partial charge in [0.05, 0.1) is 12.5 Å². The molecule has 1 aromatic rings. The number of hydrogen-bond acceptors (Lipinski definition) is 2. The first kappa shape index (κ1) is 6.61. The molecular weight excluding hydrogens is 132 g/mol. The highest BCUT2D eigenvalue weighted by Gasteiger charge is 1.88. The van der Waals surface area contributed by atoms with Crippen LogP contribution in [0.4, 0.5) is 0 Å². The molecule has 0 amide bonds. The van der Waals surface area contributed by atoms with Crippen molar-refractivity contribution in [3.63, 3.8) is 0 Å². The van der Waals surface area contributed by atoms with Crippen molar-refractivity contribution in [1.82, 2.24) is 0 Å². The van der Waals surface area contributed by atoms with Crippen molar-refractivity contribution in [2.75, 3.05) is 0 Å². The normalized spacial score (nSPS) is 10.4. The van der Waals surface area contributed by atoms with Gasteiger partial charge in [0.1, 0.15) is 0 Å². The maximum Gasteiger partial charge on any atom is 0.328 e. The van der Waals surface area contributed by atoms with Crippen LogP contribution in [0.25, 0.3) is 6.08 Å². The average molecular weight is 138 g/mol. The standard InChI is InChI=1S/C7H6O3/c8-7(9)2-1-6-3-4-10-5-6/h1-5H,(H,8,9). The molecule has 0 unspecified atom stereocenters. The van der Waals surface area contributed by atoms with Crippen LogP contribution < -0.4 is 0 Å². The summed E-state index contributed by atoms with van der Waals surface area (Å²) < 4.78 is 4.70. The van der Waals surface area contributed by atoms with E-state index in [2.05, 4.69) is 0 Å². The Bertz CT molecular complexity index is 233. The fourth-order valence-corrected chi connectivity index (χ4v) is 0.537. The molecule has 10 heavy (non-hydrogen) atoms. The molecule has 52 valence electrons. The minimum absolute atomic E-state index is 0.752. The summed E-state index contributed by atoms with van der Waals surface area (Å²) in [7, 11) is 0. The van der Waals surface area contributed by atoms with E-state index in [-0.39, 0.29) is 0 Å². The zero-order valence-corrected chi connectivity index (χ0v) is 5.15. The smallest absolute Gasteiger partial charge is 0.328 e. The Kier molecular flexibility index (Phi) is 1.89.